The molecule has 4 aromatic rings. The molecule has 0 radical (unpaired) electrons. The Morgan fingerprint density at radius 1 is 1.06 bits per heavy atom. The summed E-state index contributed by atoms with van der Waals surface area (Å²) in [6.07, 6.45) is 3.50. The average molecular weight is 465 g/mol. The van der Waals surface area contributed by atoms with Crippen LogP contribution in [-0.4, -0.2) is 48.6 Å². The van der Waals surface area contributed by atoms with Crippen molar-refractivity contribution >= 4 is 29.0 Å². The van der Waals surface area contributed by atoms with Crippen LogP contribution in [0.25, 0.3) is 17.1 Å². The molecule has 3 aromatic heterocycles. The maximum Gasteiger partial charge on any atom is 0.273 e. The second kappa shape index (κ2) is 10.1. The largest absolute Gasteiger partial charge is 0.338 e. The van der Waals surface area contributed by atoms with Crippen LogP contribution in [0.4, 0.5) is 0 Å². The van der Waals surface area contributed by atoms with Crippen molar-refractivity contribution in [1.82, 2.24) is 29.6 Å². The third-order valence-electron chi connectivity index (χ3n) is 5.01. The van der Waals surface area contributed by atoms with E-state index in [-0.39, 0.29) is 5.91 Å². The van der Waals surface area contributed by atoms with E-state index < -0.39 is 0 Å². The molecule has 0 unspecified atom stereocenters. The molecular formula is C23H24N6OS2. The molecule has 32 heavy (non-hydrogen) atoms. The molecule has 0 aliphatic heterocycles. The third-order valence-corrected chi connectivity index (χ3v) is 6.98. The lowest BCUT2D eigenvalue weighted by atomic mass is 10.2. The number of nitrogens with zero attached hydrogens (tertiary/aromatic N) is 6. The number of amides is 1. The van der Waals surface area contributed by atoms with Gasteiger partial charge in [0, 0.05) is 42.1 Å². The fourth-order valence-electron chi connectivity index (χ4n) is 3.25. The van der Waals surface area contributed by atoms with Crippen LogP contribution in [0.3, 0.4) is 0 Å². The molecule has 0 aliphatic carbocycles. The van der Waals surface area contributed by atoms with Crippen molar-refractivity contribution in [2.75, 3.05) is 13.1 Å². The van der Waals surface area contributed by atoms with Crippen molar-refractivity contribution < 1.29 is 4.79 Å². The van der Waals surface area contributed by atoms with Crippen LogP contribution in [0.15, 0.2) is 59.3 Å². The highest BCUT2D eigenvalue weighted by molar-refractivity contribution is 7.98. The standard InChI is InChI=1S/C23H24N6OS2/c1-4-28(5-2)22(30)19-14-31-20(25-19)15-32-23-27-26-21(17-10-12-24-13-11-17)29(23)18-8-6-16(3)7-9-18/h6-14H,4-5,15H2,1-3H3. The first-order chi connectivity index (χ1) is 15.6. The normalized spacial score (nSPS) is 11.0. The maximum absolute atomic E-state index is 12.6. The minimum Gasteiger partial charge on any atom is -0.338 e. The van der Waals surface area contributed by atoms with E-state index in [0.29, 0.717) is 24.5 Å². The molecule has 1 aromatic carbocycles. The van der Waals surface area contributed by atoms with Gasteiger partial charge in [-0.3, -0.25) is 14.3 Å². The molecule has 9 heteroatoms. The lowest BCUT2D eigenvalue weighted by Gasteiger charge is -2.16. The number of hydrogen-bond acceptors (Lipinski definition) is 7. The Morgan fingerprint density at radius 2 is 1.78 bits per heavy atom. The Morgan fingerprint density at radius 3 is 2.47 bits per heavy atom. The van der Waals surface area contributed by atoms with E-state index in [1.54, 1.807) is 29.1 Å². The molecule has 0 atom stereocenters. The SMILES string of the molecule is CCN(CC)C(=O)c1csc(CSc2nnc(-c3ccncc3)n2-c2ccc(C)cc2)n1. The van der Waals surface area contributed by atoms with Gasteiger partial charge in [0.25, 0.3) is 5.91 Å². The van der Waals surface area contributed by atoms with E-state index in [0.717, 1.165) is 27.2 Å². The molecule has 0 bridgehead atoms. The lowest BCUT2D eigenvalue weighted by molar-refractivity contribution is 0.0768. The Hall–Kier alpha value is -3.04. The number of carbonyl (C=O) groups is 1. The van der Waals surface area contributed by atoms with Crippen molar-refractivity contribution in [1.29, 1.82) is 0 Å². The van der Waals surface area contributed by atoms with Gasteiger partial charge in [0.2, 0.25) is 0 Å². The van der Waals surface area contributed by atoms with Crippen LogP contribution in [0, 0.1) is 6.92 Å². The number of thioether (sulfide) groups is 1. The Bertz CT molecular complexity index is 1180. The summed E-state index contributed by atoms with van der Waals surface area (Å²) < 4.78 is 2.05. The van der Waals surface area contributed by atoms with Crippen LogP contribution in [0.2, 0.25) is 0 Å². The number of benzene rings is 1. The zero-order chi connectivity index (χ0) is 22.5. The van der Waals surface area contributed by atoms with Gasteiger partial charge in [-0.15, -0.1) is 21.5 Å². The minimum absolute atomic E-state index is 0.0229. The Labute approximate surface area is 195 Å². The second-order valence-corrected chi connectivity index (χ2v) is 8.99. The fourth-order valence-corrected chi connectivity index (χ4v) is 4.99. The maximum atomic E-state index is 12.6. The number of rotatable bonds is 8. The van der Waals surface area contributed by atoms with Gasteiger partial charge in [0.05, 0.1) is 5.75 Å². The van der Waals surface area contributed by atoms with Crippen molar-refractivity contribution in [2.24, 2.45) is 0 Å². The van der Waals surface area contributed by atoms with Crippen LogP contribution in [0.1, 0.15) is 34.9 Å². The number of hydrogen-bond donors (Lipinski definition) is 0. The molecule has 3 heterocycles. The highest BCUT2D eigenvalue weighted by Gasteiger charge is 2.19. The van der Waals surface area contributed by atoms with E-state index in [1.807, 2.05) is 31.4 Å². The molecule has 164 valence electrons. The van der Waals surface area contributed by atoms with Gasteiger partial charge in [-0.25, -0.2) is 4.98 Å². The van der Waals surface area contributed by atoms with E-state index in [9.17, 15) is 4.79 Å². The highest BCUT2D eigenvalue weighted by Crippen LogP contribution is 2.30. The molecule has 0 spiro atoms. The summed E-state index contributed by atoms with van der Waals surface area (Å²) in [5.74, 6) is 1.34. The summed E-state index contributed by atoms with van der Waals surface area (Å²) in [6.45, 7) is 7.36. The van der Waals surface area contributed by atoms with Crippen molar-refractivity contribution in [3.8, 4) is 17.1 Å². The molecule has 7 nitrogen and oxygen atoms in total. The van der Waals surface area contributed by atoms with Crippen LogP contribution >= 0.6 is 23.1 Å². The minimum atomic E-state index is -0.0229. The molecular weight excluding hydrogens is 440 g/mol. The summed E-state index contributed by atoms with van der Waals surface area (Å²) in [7, 11) is 0. The van der Waals surface area contributed by atoms with Gasteiger partial charge < -0.3 is 4.90 Å². The van der Waals surface area contributed by atoms with Crippen molar-refractivity contribution in [3.05, 3.63) is 70.4 Å². The van der Waals surface area contributed by atoms with Crippen LogP contribution < -0.4 is 0 Å². The number of pyridine rings is 1. The summed E-state index contributed by atoms with van der Waals surface area (Å²) in [6, 6.07) is 12.1. The van der Waals surface area contributed by atoms with E-state index in [2.05, 4.69) is 55.9 Å². The van der Waals surface area contributed by atoms with Gasteiger partial charge in [-0.1, -0.05) is 29.5 Å². The number of aromatic nitrogens is 5. The molecule has 0 saturated carbocycles. The van der Waals surface area contributed by atoms with Crippen LogP contribution in [0.5, 0.6) is 0 Å². The predicted octanol–water partition coefficient (Wildman–Crippen LogP) is 4.87. The molecule has 0 saturated heterocycles. The predicted molar refractivity (Wildman–Crippen MR) is 128 cm³/mol. The second-order valence-electron chi connectivity index (χ2n) is 7.11. The number of aryl methyl sites for hydroxylation is 1. The lowest BCUT2D eigenvalue weighted by Crippen LogP contribution is -2.30. The molecule has 0 aliphatic rings. The van der Waals surface area contributed by atoms with Gasteiger partial charge in [-0.2, -0.15) is 0 Å². The highest BCUT2D eigenvalue weighted by atomic mass is 32.2. The van der Waals surface area contributed by atoms with Gasteiger partial charge in [0.15, 0.2) is 11.0 Å². The monoisotopic (exact) mass is 464 g/mol. The van der Waals surface area contributed by atoms with Gasteiger partial charge >= 0.3 is 0 Å². The topological polar surface area (TPSA) is 76.8 Å². The van der Waals surface area contributed by atoms with E-state index in [4.69, 9.17) is 0 Å². The van der Waals surface area contributed by atoms with E-state index in [1.165, 1.54) is 16.9 Å². The van der Waals surface area contributed by atoms with Crippen molar-refractivity contribution in [2.45, 2.75) is 31.7 Å². The smallest absolute Gasteiger partial charge is 0.273 e. The summed E-state index contributed by atoms with van der Waals surface area (Å²) in [4.78, 5) is 23.0. The zero-order valence-electron chi connectivity index (χ0n) is 18.2. The van der Waals surface area contributed by atoms with Gasteiger partial charge in [-0.05, 0) is 45.0 Å². The first-order valence-electron chi connectivity index (χ1n) is 10.4. The zero-order valence-corrected chi connectivity index (χ0v) is 19.9. The summed E-state index contributed by atoms with van der Waals surface area (Å²) in [5, 5.41) is 12.4. The Kier molecular flexibility index (Phi) is 6.96. The number of carbonyl (C=O) groups excluding carboxylic acids is 1. The summed E-state index contributed by atoms with van der Waals surface area (Å²) in [5.41, 5.74) is 3.63. The van der Waals surface area contributed by atoms with Crippen LogP contribution in [-0.2, 0) is 5.75 Å². The fraction of sp³-hybridized carbons (Fsp3) is 0.261. The first kappa shape index (κ1) is 22.2. The molecule has 1 amide bonds. The number of thiazole rings is 1. The molecule has 0 fully saturated rings. The molecule has 4 rings (SSSR count). The average Bonchev–Trinajstić information content (AvgIpc) is 3.47. The Balaban J connectivity index is 1.60. The molecule has 0 N–H and O–H groups in total. The van der Waals surface area contributed by atoms with E-state index >= 15 is 0 Å². The first-order valence-corrected chi connectivity index (χ1v) is 12.3. The quantitative estimate of drug-likeness (QED) is 0.346. The van der Waals surface area contributed by atoms with Gasteiger partial charge in [0.1, 0.15) is 10.7 Å². The summed E-state index contributed by atoms with van der Waals surface area (Å²) >= 11 is 3.05. The third kappa shape index (κ3) is 4.73. The van der Waals surface area contributed by atoms with Crippen molar-refractivity contribution in [3.63, 3.8) is 0 Å².